The molecule has 4 nitrogen and oxygen atoms in total. The highest BCUT2D eigenvalue weighted by Crippen LogP contribution is 2.44. The highest BCUT2D eigenvalue weighted by Gasteiger charge is 2.51. The van der Waals surface area contributed by atoms with Crippen molar-refractivity contribution >= 4 is 52.1 Å². The average molecular weight is 487 g/mol. The van der Waals surface area contributed by atoms with Crippen LogP contribution >= 0.6 is 34.8 Å². The summed E-state index contributed by atoms with van der Waals surface area (Å²) in [4.78, 5) is 18.2. The van der Waals surface area contributed by atoms with Gasteiger partial charge >= 0.3 is 0 Å². The van der Waals surface area contributed by atoms with Gasteiger partial charge in [-0.3, -0.25) is 9.69 Å². The van der Waals surface area contributed by atoms with E-state index in [0.717, 1.165) is 53.7 Å². The largest absolute Gasteiger partial charge is 0.369 e. The molecule has 5 rings (SSSR count). The number of piperazine rings is 1. The molecule has 2 aliphatic rings. The van der Waals surface area contributed by atoms with Gasteiger partial charge in [0.15, 0.2) is 0 Å². The normalized spacial score (nSPS) is 20.8. The topological polar surface area (TPSA) is 35.6 Å². The van der Waals surface area contributed by atoms with Gasteiger partial charge in [-0.1, -0.05) is 59.1 Å². The summed E-state index contributed by atoms with van der Waals surface area (Å²) in [6, 6.07) is 21.3. The molecule has 0 bridgehead atoms. The van der Waals surface area contributed by atoms with E-state index >= 15 is 0 Å². The maximum absolute atomic E-state index is 13.6. The molecular weight excluding hydrogens is 465 g/mol. The lowest BCUT2D eigenvalue weighted by Crippen LogP contribution is -2.59. The zero-order valence-corrected chi connectivity index (χ0v) is 19.6. The van der Waals surface area contributed by atoms with Gasteiger partial charge in [-0.05, 0) is 48.0 Å². The van der Waals surface area contributed by atoms with E-state index in [-0.39, 0.29) is 5.91 Å². The fourth-order valence-electron chi connectivity index (χ4n) is 4.89. The number of rotatable bonds is 4. The van der Waals surface area contributed by atoms with Crippen LogP contribution in [0, 0.1) is 0 Å². The van der Waals surface area contributed by atoms with Gasteiger partial charge < -0.3 is 10.2 Å². The Hall–Kier alpha value is -2.24. The summed E-state index contributed by atoms with van der Waals surface area (Å²) in [5, 5.41) is 5.08. The second-order valence-electron chi connectivity index (χ2n) is 8.26. The monoisotopic (exact) mass is 485 g/mol. The molecule has 3 aromatic rings. The molecule has 0 spiro atoms. The molecule has 3 aromatic carbocycles. The number of hydrogen-bond acceptors (Lipinski definition) is 3. The van der Waals surface area contributed by atoms with Crippen LogP contribution in [0.5, 0.6) is 0 Å². The number of amides is 1. The third-order valence-corrected chi connectivity index (χ3v) is 7.10. The summed E-state index contributed by atoms with van der Waals surface area (Å²) in [6.07, 6.45) is 0.533. The smallest absolute Gasteiger partial charge is 0.249 e. The first-order valence-corrected chi connectivity index (χ1v) is 11.7. The highest BCUT2D eigenvalue weighted by atomic mass is 35.5. The lowest BCUT2D eigenvalue weighted by molar-refractivity contribution is -0.128. The minimum Gasteiger partial charge on any atom is -0.369 e. The van der Waals surface area contributed by atoms with Gasteiger partial charge in [-0.2, -0.15) is 0 Å². The first-order chi connectivity index (χ1) is 15.5. The van der Waals surface area contributed by atoms with Crippen molar-refractivity contribution in [2.45, 2.75) is 12.0 Å². The minimum atomic E-state index is -0.814. The van der Waals surface area contributed by atoms with Crippen molar-refractivity contribution < 1.29 is 4.79 Å². The van der Waals surface area contributed by atoms with Crippen molar-refractivity contribution in [3.63, 3.8) is 0 Å². The van der Waals surface area contributed by atoms with E-state index in [1.807, 2.05) is 60.7 Å². The van der Waals surface area contributed by atoms with Crippen molar-refractivity contribution in [2.75, 3.05) is 36.4 Å². The summed E-state index contributed by atoms with van der Waals surface area (Å²) < 4.78 is 0. The second-order valence-corrected chi connectivity index (χ2v) is 9.57. The summed E-state index contributed by atoms with van der Waals surface area (Å²) in [5.41, 5.74) is 3.05. The van der Waals surface area contributed by atoms with Crippen LogP contribution in [-0.2, 0) is 16.8 Å². The Morgan fingerprint density at radius 2 is 1.50 bits per heavy atom. The van der Waals surface area contributed by atoms with Crippen LogP contribution < -0.4 is 10.2 Å². The Morgan fingerprint density at radius 1 is 0.812 bits per heavy atom. The molecule has 1 fully saturated rings. The molecule has 2 aliphatic heterocycles. The van der Waals surface area contributed by atoms with Crippen LogP contribution in [0.2, 0.25) is 15.1 Å². The van der Waals surface area contributed by atoms with E-state index in [2.05, 4.69) is 21.2 Å². The van der Waals surface area contributed by atoms with Crippen LogP contribution in [-0.4, -0.2) is 37.0 Å². The molecule has 7 heteroatoms. The molecule has 0 saturated carbocycles. The third-order valence-electron chi connectivity index (χ3n) is 6.39. The Balaban J connectivity index is 1.50. The molecule has 1 atom stereocenters. The van der Waals surface area contributed by atoms with Gasteiger partial charge in [0.05, 0.1) is 0 Å². The molecule has 164 valence electrons. The molecule has 32 heavy (non-hydrogen) atoms. The van der Waals surface area contributed by atoms with Gasteiger partial charge in [-0.25, -0.2) is 0 Å². The van der Waals surface area contributed by atoms with E-state index < -0.39 is 5.54 Å². The standard InChI is InChI=1S/C25H22Cl3N3O/c26-18-4-1-3-17(13-18)16-25(22-8-7-20(28)15-23(22)29-24(25)32)31-11-9-30(10-12-31)21-6-2-5-19(27)14-21/h1-8,13-15H,9-12,16H2,(H,29,32). The molecular formula is C25H22Cl3N3O. The van der Waals surface area contributed by atoms with Crippen LogP contribution in [0.3, 0.4) is 0 Å². The number of anilines is 2. The molecule has 0 aliphatic carbocycles. The van der Waals surface area contributed by atoms with Crippen LogP contribution in [0.25, 0.3) is 0 Å². The molecule has 1 amide bonds. The second kappa shape index (κ2) is 8.60. The van der Waals surface area contributed by atoms with Crippen molar-refractivity contribution in [1.29, 1.82) is 0 Å². The quantitative estimate of drug-likeness (QED) is 0.502. The number of hydrogen-bond donors (Lipinski definition) is 1. The molecule has 0 aromatic heterocycles. The molecule has 1 saturated heterocycles. The van der Waals surface area contributed by atoms with E-state index in [1.165, 1.54) is 0 Å². The van der Waals surface area contributed by atoms with Crippen LogP contribution in [0.4, 0.5) is 11.4 Å². The minimum absolute atomic E-state index is 0.0223. The number of carbonyl (C=O) groups is 1. The molecule has 0 radical (unpaired) electrons. The Kier molecular flexibility index (Phi) is 5.81. The lowest BCUT2D eigenvalue weighted by Gasteiger charge is -2.45. The highest BCUT2D eigenvalue weighted by molar-refractivity contribution is 6.31. The number of benzene rings is 3. The fraction of sp³-hybridized carbons (Fsp3) is 0.240. The number of nitrogens with one attached hydrogen (secondary N) is 1. The summed E-state index contributed by atoms with van der Waals surface area (Å²) in [6.45, 7) is 3.08. The maximum Gasteiger partial charge on any atom is 0.249 e. The molecule has 1 N–H and O–H groups in total. The Morgan fingerprint density at radius 3 is 2.22 bits per heavy atom. The zero-order valence-electron chi connectivity index (χ0n) is 17.3. The SMILES string of the molecule is O=C1Nc2cc(Cl)ccc2C1(Cc1cccc(Cl)c1)N1CCN(c2cccc(Cl)c2)CC1. The first-order valence-electron chi connectivity index (χ1n) is 10.6. The number of carbonyl (C=O) groups excluding carboxylic acids is 1. The zero-order chi connectivity index (χ0) is 22.3. The van der Waals surface area contributed by atoms with E-state index in [1.54, 1.807) is 0 Å². The predicted octanol–water partition coefficient (Wildman–Crippen LogP) is 5.86. The number of fused-ring (bicyclic) bond motifs is 1. The summed E-state index contributed by atoms with van der Waals surface area (Å²) >= 11 is 18.7. The van der Waals surface area contributed by atoms with Crippen molar-refractivity contribution in [2.24, 2.45) is 0 Å². The van der Waals surface area contributed by atoms with Gasteiger partial charge in [0.1, 0.15) is 5.54 Å². The first kappa shape index (κ1) is 21.6. The number of halogens is 3. The maximum atomic E-state index is 13.6. The average Bonchev–Trinajstić information content (AvgIpc) is 3.05. The van der Waals surface area contributed by atoms with Gasteiger partial charge in [0.25, 0.3) is 0 Å². The molecule has 1 unspecified atom stereocenters. The van der Waals surface area contributed by atoms with Crippen molar-refractivity contribution in [1.82, 2.24) is 4.90 Å². The van der Waals surface area contributed by atoms with Gasteiger partial charge in [-0.15, -0.1) is 0 Å². The Bertz CT molecular complexity index is 1180. The fourth-order valence-corrected chi connectivity index (χ4v) is 5.46. The van der Waals surface area contributed by atoms with Crippen LogP contribution in [0.15, 0.2) is 66.7 Å². The van der Waals surface area contributed by atoms with Crippen molar-refractivity contribution in [3.8, 4) is 0 Å². The van der Waals surface area contributed by atoms with Crippen molar-refractivity contribution in [3.05, 3.63) is 92.9 Å². The summed E-state index contributed by atoms with van der Waals surface area (Å²) in [7, 11) is 0. The van der Waals surface area contributed by atoms with E-state index in [0.29, 0.717) is 16.5 Å². The van der Waals surface area contributed by atoms with E-state index in [9.17, 15) is 4.79 Å². The lowest BCUT2D eigenvalue weighted by atomic mass is 9.82. The molecule has 2 heterocycles. The number of nitrogens with zero attached hydrogens (tertiary/aromatic N) is 2. The van der Waals surface area contributed by atoms with Crippen LogP contribution in [0.1, 0.15) is 11.1 Å². The predicted molar refractivity (Wildman–Crippen MR) is 132 cm³/mol. The van der Waals surface area contributed by atoms with E-state index in [4.69, 9.17) is 34.8 Å². The summed E-state index contributed by atoms with van der Waals surface area (Å²) in [5.74, 6) is -0.0223. The van der Waals surface area contributed by atoms with Gasteiger partial charge in [0.2, 0.25) is 5.91 Å². The third kappa shape index (κ3) is 3.86. The Labute approximate surface area is 202 Å². The van der Waals surface area contributed by atoms with Gasteiger partial charge in [0, 0.05) is 64.6 Å².